The van der Waals surface area contributed by atoms with E-state index in [0.29, 0.717) is 22.9 Å². The van der Waals surface area contributed by atoms with Crippen molar-refractivity contribution in [2.24, 2.45) is 7.05 Å². The van der Waals surface area contributed by atoms with E-state index in [1.807, 2.05) is 84.6 Å². The Hall–Kier alpha value is -3.94. The monoisotopic (exact) mass is 564 g/mol. The molecule has 41 heavy (non-hydrogen) atoms. The van der Waals surface area contributed by atoms with Crippen LogP contribution in [0.4, 0.5) is 0 Å². The van der Waals surface area contributed by atoms with Crippen molar-refractivity contribution in [2.45, 2.75) is 24.3 Å². The van der Waals surface area contributed by atoms with E-state index in [1.54, 1.807) is 11.6 Å². The predicted octanol–water partition coefficient (Wildman–Crippen LogP) is 5.44. The second-order valence-electron chi connectivity index (χ2n) is 10.4. The highest BCUT2D eigenvalue weighted by Crippen LogP contribution is 2.22. The van der Waals surface area contributed by atoms with Crippen LogP contribution in [0.1, 0.15) is 38.3 Å². The summed E-state index contributed by atoms with van der Waals surface area (Å²) < 4.78 is 1.64. The molecule has 0 radical (unpaired) electrons. The first kappa shape index (κ1) is 28.6. The molecule has 1 aromatic heterocycles. The molecule has 5 rings (SSSR count). The zero-order valence-electron chi connectivity index (χ0n) is 23.7. The maximum absolute atomic E-state index is 13.3. The van der Waals surface area contributed by atoms with Crippen LogP contribution in [0.2, 0.25) is 0 Å². The topological polar surface area (TPSA) is 58.4 Å². The second kappa shape index (κ2) is 13.6. The lowest BCUT2D eigenvalue weighted by molar-refractivity contribution is 0.0650. The molecule has 0 bridgehead atoms. The largest absolute Gasteiger partial charge is 0.336 e. The van der Waals surface area contributed by atoms with Crippen molar-refractivity contribution in [3.05, 3.63) is 135 Å². The average Bonchev–Trinajstić information content (AvgIpc) is 3.01. The van der Waals surface area contributed by atoms with Gasteiger partial charge in [0.1, 0.15) is 0 Å². The van der Waals surface area contributed by atoms with Gasteiger partial charge >= 0.3 is 0 Å². The van der Waals surface area contributed by atoms with Crippen LogP contribution in [-0.2, 0) is 19.2 Å². The third kappa shape index (κ3) is 7.43. The minimum Gasteiger partial charge on any atom is -0.336 e. The molecule has 210 valence electrons. The second-order valence-corrected chi connectivity index (χ2v) is 11.3. The molecule has 1 fully saturated rings. The zero-order chi connectivity index (χ0) is 28.6. The van der Waals surface area contributed by atoms with Gasteiger partial charge in [-0.2, -0.15) is 0 Å². The van der Waals surface area contributed by atoms with E-state index in [2.05, 4.69) is 29.2 Å². The summed E-state index contributed by atoms with van der Waals surface area (Å²) in [5, 5.41) is 0.679. The lowest BCUT2D eigenvalue weighted by Gasteiger charge is -2.34. The van der Waals surface area contributed by atoms with Crippen LogP contribution >= 0.6 is 11.8 Å². The molecule has 0 spiro atoms. The van der Waals surface area contributed by atoms with E-state index < -0.39 is 0 Å². The van der Waals surface area contributed by atoms with Gasteiger partial charge in [-0.1, -0.05) is 96.7 Å². The molecule has 2 heterocycles. The molecule has 1 saturated heterocycles. The summed E-state index contributed by atoms with van der Waals surface area (Å²) in [6, 6.07) is 28.1. The number of hydrogen-bond acceptors (Lipinski definition) is 5. The summed E-state index contributed by atoms with van der Waals surface area (Å²) in [7, 11) is 1.78. The van der Waals surface area contributed by atoms with E-state index in [0.717, 1.165) is 55.1 Å². The van der Waals surface area contributed by atoms with Crippen LogP contribution in [0.3, 0.4) is 0 Å². The van der Waals surface area contributed by atoms with Crippen molar-refractivity contribution in [2.75, 3.05) is 32.7 Å². The maximum atomic E-state index is 13.3. The van der Waals surface area contributed by atoms with Crippen molar-refractivity contribution in [3.63, 3.8) is 0 Å². The third-order valence-corrected chi connectivity index (χ3v) is 8.55. The van der Waals surface area contributed by atoms with Gasteiger partial charge in [0.15, 0.2) is 5.16 Å². The van der Waals surface area contributed by atoms with Gasteiger partial charge in [-0.15, -0.1) is 0 Å². The summed E-state index contributed by atoms with van der Waals surface area (Å²) in [5.74, 6) is 0.698. The highest BCUT2D eigenvalue weighted by Gasteiger charge is 2.22. The Morgan fingerprint density at radius 1 is 0.902 bits per heavy atom. The van der Waals surface area contributed by atoms with Crippen LogP contribution in [0.25, 0.3) is 6.08 Å². The van der Waals surface area contributed by atoms with Gasteiger partial charge in [0, 0.05) is 68.8 Å². The number of carbonyl (C=O) groups is 1. The number of aryl methyl sites for hydroxylation is 1. The number of benzene rings is 3. The molecule has 0 N–H and O–H groups in total. The van der Waals surface area contributed by atoms with Crippen molar-refractivity contribution in [3.8, 4) is 0 Å². The van der Waals surface area contributed by atoms with Gasteiger partial charge in [-0.05, 0) is 35.7 Å². The molecule has 1 aliphatic heterocycles. The van der Waals surface area contributed by atoms with Crippen LogP contribution in [0.15, 0.2) is 101 Å². The normalized spacial score (nSPS) is 14.0. The third-order valence-electron chi connectivity index (χ3n) is 7.45. The van der Waals surface area contributed by atoms with Crippen molar-refractivity contribution >= 4 is 23.7 Å². The Morgan fingerprint density at radius 3 is 2.32 bits per heavy atom. The molecule has 1 amide bonds. The molecule has 6 nitrogen and oxygen atoms in total. The Labute approximate surface area is 246 Å². The molecule has 0 unspecified atom stereocenters. The molecular formula is C34H36N4O2S. The van der Waals surface area contributed by atoms with Gasteiger partial charge in [0.05, 0.1) is 0 Å². The van der Waals surface area contributed by atoms with E-state index in [-0.39, 0.29) is 11.5 Å². The number of carbonyl (C=O) groups excluding carboxylic acids is 1. The van der Waals surface area contributed by atoms with E-state index in [1.165, 1.54) is 17.3 Å². The summed E-state index contributed by atoms with van der Waals surface area (Å²) in [4.78, 5) is 35.5. The molecule has 1 aliphatic rings. The number of thioether (sulfide) groups is 1. The highest BCUT2D eigenvalue weighted by atomic mass is 32.2. The number of aromatic nitrogens is 2. The Kier molecular flexibility index (Phi) is 9.49. The van der Waals surface area contributed by atoms with Crippen LogP contribution < -0.4 is 5.56 Å². The standard InChI is InChI=1S/C34H36N4O2S/c1-26-31(24-28-13-7-4-8-14-28)33(40)36(2)34(35-26)41-25-29-15-9-17-30(23-29)32(39)38-21-19-37(20-22-38)18-10-16-27-11-5-3-6-12-27/h3-17,23H,18-22,24-25H2,1-2H3/b16-10+. The number of piperazine rings is 1. The van der Waals surface area contributed by atoms with Crippen LogP contribution in [0, 0.1) is 6.92 Å². The molecular weight excluding hydrogens is 528 g/mol. The summed E-state index contributed by atoms with van der Waals surface area (Å²) in [6.45, 7) is 5.95. The Morgan fingerprint density at radius 2 is 1.59 bits per heavy atom. The number of amides is 1. The van der Waals surface area contributed by atoms with E-state index in [9.17, 15) is 9.59 Å². The van der Waals surface area contributed by atoms with E-state index >= 15 is 0 Å². The minimum atomic E-state index is -0.0116. The lowest BCUT2D eigenvalue weighted by atomic mass is 10.1. The van der Waals surface area contributed by atoms with Crippen LogP contribution in [-0.4, -0.2) is 58.0 Å². The zero-order valence-corrected chi connectivity index (χ0v) is 24.5. The van der Waals surface area contributed by atoms with Gasteiger partial charge in [0.25, 0.3) is 11.5 Å². The molecule has 7 heteroatoms. The summed E-state index contributed by atoms with van der Waals surface area (Å²) >= 11 is 1.52. The smallest absolute Gasteiger partial charge is 0.257 e. The van der Waals surface area contributed by atoms with Gasteiger partial charge in [-0.25, -0.2) is 4.98 Å². The molecule has 0 atom stereocenters. The SMILES string of the molecule is Cc1nc(SCc2cccc(C(=O)N3CCN(C/C=C/c4ccccc4)CC3)c2)n(C)c(=O)c1Cc1ccccc1. The van der Waals surface area contributed by atoms with E-state index in [4.69, 9.17) is 4.98 Å². The average molecular weight is 565 g/mol. The van der Waals surface area contributed by atoms with Crippen molar-refractivity contribution in [1.29, 1.82) is 0 Å². The fourth-order valence-corrected chi connectivity index (χ4v) is 5.98. The lowest BCUT2D eigenvalue weighted by Crippen LogP contribution is -2.48. The summed E-state index contributed by atoms with van der Waals surface area (Å²) in [5.41, 5.74) is 5.51. The number of hydrogen-bond donors (Lipinski definition) is 0. The number of nitrogens with zero attached hydrogens (tertiary/aromatic N) is 4. The van der Waals surface area contributed by atoms with Crippen LogP contribution in [0.5, 0.6) is 0 Å². The van der Waals surface area contributed by atoms with Crippen molar-refractivity contribution in [1.82, 2.24) is 19.4 Å². The quantitative estimate of drug-likeness (QED) is 0.200. The fraction of sp³-hybridized carbons (Fsp3) is 0.265. The van der Waals surface area contributed by atoms with Gasteiger partial charge in [0.2, 0.25) is 0 Å². The summed E-state index contributed by atoms with van der Waals surface area (Å²) in [6.07, 6.45) is 4.91. The first-order valence-electron chi connectivity index (χ1n) is 14.0. The molecule has 0 saturated carbocycles. The number of rotatable bonds is 9. The van der Waals surface area contributed by atoms with Gasteiger partial charge in [-0.3, -0.25) is 19.1 Å². The van der Waals surface area contributed by atoms with Gasteiger partial charge < -0.3 is 4.90 Å². The first-order chi connectivity index (χ1) is 20.0. The minimum absolute atomic E-state index is 0.0116. The predicted molar refractivity (Wildman–Crippen MR) is 167 cm³/mol. The Balaban J connectivity index is 1.16. The molecule has 4 aromatic rings. The first-order valence-corrected chi connectivity index (χ1v) is 15.0. The maximum Gasteiger partial charge on any atom is 0.257 e. The fourth-order valence-electron chi connectivity index (χ4n) is 5.02. The highest BCUT2D eigenvalue weighted by molar-refractivity contribution is 7.98. The van der Waals surface area contributed by atoms with Crippen molar-refractivity contribution < 1.29 is 4.79 Å². The molecule has 3 aromatic carbocycles. The molecule has 0 aliphatic carbocycles. The Bertz CT molecular complexity index is 1560.